The predicted octanol–water partition coefficient (Wildman–Crippen LogP) is 4.23. The van der Waals surface area contributed by atoms with Crippen molar-refractivity contribution in [1.29, 1.82) is 0 Å². The quantitative estimate of drug-likeness (QED) is 0.811. The summed E-state index contributed by atoms with van der Waals surface area (Å²) in [6.07, 6.45) is 4.13. The fourth-order valence-corrected chi connectivity index (χ4v) is 3.60. The van der Waals surface area contributed by atoms with E-state index in [0.29, 0.717) is 10.4 Å². The summed E-state index contributed by atoms with van der Waals surface area (Å²) in [4.78, 5) is 25.4. The van der Waals surface area contributed by atoms with Crippen molar-refractivity contribution >= 4 is 23.2 Å². The van der Waals surface area contributed by atoms with Crippen LogP contribution in [0, 0.1) is 5.82 Å². The summed E-state index contributed by atoms with van der Waals surface area (Å²) in [5.41, 5.74) is 0.458. The van der Waals surface area contributed by atoms with E-state index < -0.39 is 17.9 Å². The number of thiophene rings is 1. The summed E-state index contributed by atoms with van der Waals surface area (Å²) in [5.74, 6) is -1.31. The van der Waals surface area contributed by atoms with Crippen molar-refractivity contribution in [3.8, 4) is 0 Å². The van der Waals surface area contributed by atoms with E-state index in [9.17, 15) is 14.0 Å². The average molecular weight is 361 g/mol. The third kappa shape index (κ3) is 4.66. The normalized spacial score (nSPS) is 16.2. The fraction of sp³-hybridized carbons (Fsp3) is 0.368. The molecule has 25 heavy (non-hydrogen) atoms. The molecule has 0 bridgehead atoms. The first kappa shape index (κ1) is 17.6. The average Bonchev–Trinajstić information content (AvgIpc) is 3.16. The number of nitrogens with one attached hydrogen (secondary N) is 1. The summed E-state index contributed by atoms with van der Waals surface area (Å²) < 4.78 is 18.7. The molecule has 1 N–H and O–H groups in total. The van der Waals surface area contributed by atoms with Crippen LogP contribution in [0.15, 0.2) is 41.8 Å². The van der Waals surface area contributed by atoms with Crippen molar-refractivity contribution < 1.29 is 18.7 Å². The van der Waals surface area contributed by atoms with Crippen LogP contribution in [0.2, 0.25) is 0 Å². The molecule has 0 saturated heterocycles. The highest BCUT2D eigenvalue weighted by molar-refractivity contribution is 7.11. The first-order valence-electron chi connectivity index (χ1n) is 8.44. The molecule has 1 aliphatic carbocycles. The van der Waals surface area contributed by atoms with E-state index in [1.54, 1.807) is 17.5 Å². The maximum Gasteiger partial charge on any atom is 0.349 e. The van der Waals surface area contributed by atoms with Crippen molar-refractivity contribution in [3.05, 3.63) is 58.0 Å². The Hall–Kier alpha value is -2.21. The van der Waals surface area contributed by atoms with Crippen molar-refractivity contribution in [3.63, 3.8) is 0 Å². The summed E-state index contributed by atoms with van der Waals surface area (Å²) in [5, 5.41) is 4.75. The molecule has 0 radical (unpaired) electrons. The lowest BCUT2D eigenvalue weighted by Gasteiger charge is -2.25. The first-order chi connectivity index (χ1) is 12.1. The molecule has 1 aromatic heterocycles. The maximum absolute atomic E-state index is 13.2. The summed E-state index contributed by atoms with van der Waals surface area (Å²) in [6, 6.07) is 8.96. The molecule has 1 aliphatic rings. The van der Waals surface area contributed by atoms with Gasteiger partial charge >= 0.3 is 5.97 Å². The van der Waals surface area contributed by atoms with Gasteiger partial charge in [-0.05, 0) is 36.4 Å². The number of benzene rings is 1. The topological polar surface area (TPSA) is 55.4 Å². The molecule has 1 unspecified atom stereocenters. The zero-order valence-electron chi connectivity index (χ0n) is 13.7. The zero-order valence-corrected chi connectivity index (χ0v) is 14.6. The lowest BCUT2D eigenvalue weighted by Crippen LogP contribution is -2.40. The second kappa shape index (κ2) is 8.25. The van der Waals surface area contributed by atoms with E-state index in [1.807, 2.05) is 0 Å². The minimum Gasteiger partial charge on any atom is -0.443 e. The van der Waals surface area contributed by atoms with Gasteiger partial charge < -0.3 is 10.1 Å². The number of carbonyl (C=O) groups excluding carboxylic acids is 2. The third-order valence-electron chi connectivity index (χ3n) is 4.31. The Morgan fingerprint density at radius 1 is 1.12 bits per heavy atom. The number of carbonyl (C=O) groups is 2. The van der Waals surface area contributed by atoms with Crippen molar-refractivity contribution in [2.75, 3.05) is 0 Å². The van der Waals surface area contributed by atoms with E-state index in [4.69, 9.17) is 4.74 Å². The van der Waals surface area contributed by atoms with Crippen LogP contribution in [0.3, 0.4) is 0 Å². The van der Waals surface area contributed by atoms with Gasteiger partial charge in [-0.1, -0.05) is 37.5 Å². The maximum atomic E-state index is 13.2. The van der Waals surface area contributed by atoms with Crippen molar-refractivity contribution in [2.45, 2.75) is 44.2 Å². The Morgan fingerprint density at radius 2 is 1.84 bits per heavy atom. The number of hydrogen-bond acceptors (Lipinski definition) is 4. The van der Waals surface area contributed by atoms with Gasteiger partial charge in [0.1, 0.15) is 10.7 Å². The van der Waals surface area contributed by atoms with Crippen molar-refractivity contribution in [1.82, 2.24) is 5.32 Å². The number of amides is 1. The molecule has 3 rings (SSSR count). The zero-order chi connectivity index (χ0) is 17.6. The van der Waals surface area contributed by atoms with E-state index >= 15 is 0 Å². The Balaban J connectivity index is 1.76. The van der Waals surface area contributed by atoms with E-state index in [-0.39, 0.29) is 11.9 Å². The molecule has 1 atom stereocenters. The fourth-order valence-electron chi connectivity index (χ4n) is 2.99. The monoisotopic (exact) mass is 361 g/mol. The molecule has 132 valence electrons. The Morgan fingerprint density at radius 3 is 2.48 bits per heavy atom. The Bertz CT molecular complexity index is 709. The molecule has 2 aromatic rings. The Labute approximate surface area is 150 Å². The second-order valence-corrected chi connectivity index (χ2v) is 7.11. The van der Waals surface area contributed by atoms with Gasteiger partial charge in [0.15, 0.2) is 0 Å². The number of halogens is 1. The summed E-state index contributed by atoms with van der Waals surface area (Å²) in [7, 11) is 0. The van der Waals surface area contributed by atoms with Gasteiger partial charge in [0.2, 0.25) is 6.10 Å². The molecule has 1 aromatic carbocycles. The number of hydrogen-bond donors (Lipinski definition) is 1. The molecule has 0 aliphatic heterocycles. The SMILES string of the molecule is O=C(OC(C(=O)NC1CCCCC1)c1ccc(F)cc1)c1cccs1. The van der Waals surface area contributed by atoms with Crippen LogP contribution in [0.4, 0.5) is 4.39 Å². The Kier molecular flexibility index (Phi) is 5.81. The van der Waals surface area contributed by atoms with Gasteiger partial charge in [0, 0.05) is 11.6 Å². The third-order valence-corrected chi connectivity index (χ3v) is 5.16. The minimum absolute atomic E-state index is 0.102. The van der Waals surface area contributed by atoms with Gasteiger partial charge in [0.25, 0.3) is 5.91 Å². The number of ether oxygens (including phenoxy) is 1. The van der Waals surface area contributed by atoms with Crippen molar-refractivity contribution in [2.24, 2.45) is 0 Å². The largest absolute Gasteiger partial charge is 0.443 e. The highest BCUT2D eigenvalue weighted by atomic mass is 32.1. The molecule has 4 nitrogen and oxygen atoms in total. The molecule has 1 heterocycles. The minimum atomic E-state index is -1.09. The van der Waals surface area contributed by atoms with Crippen LogP contribution < -0.4 is 5.32 Å². The molecular weight excluding hydrogens is 341 g/mol. The number of esters is 1. The molecule has 6 heteroatoms. The highest BCUT2D eigenvalue weighted by Crippen LogP contribution is 2.24. The molecular formula is C19H20FNO3S. The van der Waals surface area contributed by atoms with Gasteiger partial charge in [-0.2, -0.15) is 0 Å². The lowest BCUT2D eigenvalue weighted by atomic mass is 9.95. The molecule has 1 amide bonds. The summed E-state index contributed by atoms with van der Waals surface area (Å²) in [6.45, 7) is 0. The highest BCUT2D eigenvalue weighted by Gasteiger charge is 2.28. The first-order valence-corrected chi connectivity index (χ1v) is 9.32. The molecule has 1 fully saturated rings. The van der Waals surface area contributed by atoms with Gasteiger partial charge in [0.05, 0.1) is 0 Å². The smallest absolute Gasteiger partial charge is 0.349 e. The van der Waals surface area contributed by atoms with E-state index in [0.717, 1.165) is 25.7 Å². The van der Waals surface area contributed by atoms with Crippen LogP contribution in [-0.4, -0.2) is 17.9 Å². The summed E-state index contributed by atoms with van der Waals surface area (Å²) >= 11 is 1.25. The van der Waals surface area contributed by atoms with Crippen LogP contribution >= 0.6 is 11.3 Å². The van der Waals surface area contributed by atoms with E-state index in [2.05, 4.69) is 5.32 Å². The number of rotatable bonds is 5. The van der Waals surface area contributed by atoms with Crippen LogP contribution in [-0.2, 0) is 9.53 Å². The van der Waals surface area contributed by atoms with Crippen LogP contribution in [0.5, 0.6) is 0 Å². The predicted molar refractivity (Wildman–Crippen MR) is 93.9 cm³/mol. The van der Waals surface area contributed by atoms with Crippen LogP contribution in [0.1, 0.15) is 53.4 Å². The van der Waals surface area contributed by atoms with Gasteiger partial charge in [-0.25, -0.2) is 9.18 Å². The standard InChI is InChI=1S/C19H20FNO3S/c20-14-10-8-13(9-11-14)17(24-19(23)16-7-4-12-25-16)18(22)21-15-5-2-1-3-6-15/h4,7-12,15,17H,1-3,5-6H2,(H,21,22). The molecule has 1 saturated carbocycles. The van der Waals surface area contributed by atoms with Gasteiger partial charge in [-0.15, -0.1) is 11.3 Å². The van der Waals surface area contributed by atoms with Gasteiger partial charge in [-0.3, -0.25) is 4.79 Å². The second-order valence-electron chi connectivity index (χ2n) is 6.16. The van der Waals surface area contributed by atoms with Crippen LogP contribution in [0.25, 0.3) is 0 Å². The molecule has 0 spiro atoms. The lowest BCUT2D eigenvalue weighted by molar-refractivity contribution is -0.131. The van der Waals surface area contributed by atoms with E-state index in [1.165, 1.54) is 42.0 Å².